The number of hydrogen-bond donors (Lipinski definition) is 0. The van der Waals surface area contributed by atoms with E-state index in [2.05, 4.69) is 9.89 Å². The van der Waals surface area contributed by atoms with Gasteiger partial charge in [0.25, 0.3) is 0 Å². The first-order valence-corrected chi connectivity index (χ1v) is 8.94. The molecular weight excluding hydrogens is 473 g/mol. The lowest BCUT2D eigenvalue weighted by atomic mass is 10.0. The second kappa shape index (κ2) is 7.84. The summed E-state index contributed by atoms with van der Waals surface area (Å²) in [6, 6.07) is 6.53. The van der Waals surface area contributed by atoms with Crippen molar-refractivity contribution in [2.45, 2.75) is 18.0 Å². The molecule has 3 rings (SSSR count). The van der Waals surface area contributed by atoms with E-state index in [0.29, 0.717) is 10.6 Å². The summed E-state index contributed by atoms with van der Waals surface area (Å²) in [5.41, 5.74) is -7.44. The van der Waals surface area contributed by atoms with E-state index in [1.165, 1.54) is 24.3 Å². The Balaban J connectivity index is 2.05. The van der Waals surface area contributed by atoms with Crippen LogP contribution in [0.4, 0.5) is 30.7 Å². The van der Waals surface area contributed by atoms with Crippen LogP contribution in [0.1, 0.15) is 16.1 Å². The van der Waals surface area contributed by atoms with Crippen LogP contribution in [0, 0.1) is 0 Å². The van der Waals surface area contributed by atoms with Crippen LogP contribution < -0.4 is 0 Å². The van der Waals surface area contributed by atoms with Crippen molar-refractivity contribution in [1.82, 2.24) is 9.72 Å². The van der Waals surface area contributed by atoms with Crippen LogP contribution >= 0.6 is 11.6 Å². The van der Waals surface area contributed by atoms with Crippen molar-refractivity contribution in [2.24, 2.45) is 7.05 Å². The highest BCUT2D eigenvalue weighted by atomic mass is 35.5. The summed E-state index contributed by atoms with van der Waals surface area (Å²) in [5, 5.41) is 3.71. The molecule has 32 heavy (non-hydrogen) atoms. The van der Waals surface area contributed by atoms with Gasteiger partial charge in [-0.05, 0) is 30.3 Å². The van der Waals surface area contributed by atoms with E-state index in [1.807, 2.05) is 0 Å². The molecule has 2 heterocycles. The Morgan fingerprint density at radius 3 is 2.22 bits per heavy atom. The minimum atomic E-state index is -6.25. The molecule has 0 aliphatic rings. The van der Waals surface area contributed by atoms with Crippen LogP contribution in [0.25, 0.3) is 22.7 Å². The number of nitrogens with zero attached hydrogens (tertiary/aromatic N) is 2. The second-order valence-electron chi connectivity index (χ2n) is 6.58. The van der Waals surface area contributed by atoms with Gasteiger partial charge in [0.05, 0.1) is 29.1 Å². The van der Waals surface area contributed by atoms with Gasteiger partial charge in [0, 0.05) is 18.7 Å². The van der Waals surface area contributed by atoms with Gasteiger partial charge in [-0.15, -0.1) is 0 Å². The average Bonchev–Trinajstić information content (AvgIpc) is 3.32. The summed E-state index contributed by atoms with van der Waals surface area (Å²) in [7, 11) is 1.97. The fraction of sp³-hybridized carbons (Fsp3) is 0.263. The molecule has 13 heteroatoms. The van der Waals surface area contributed by atoms with Crippen LogP contribution in [-0.4, -0.2) is 35.2 Å². The minimum Gasteiger partial charge on any atom is -0.465 e. The van der Waals surface area contributed by atoms with Crippen molar-refractivity contribution in [3.8, 4) is 22.7 Å². The first-order chi connectivity index (χ1) is 14.7. The van der Waals surface area contributed by atoms with Gasteiger partial charge in [0.1, 0.15) is 5.69 Å². The summed E-state index contributed by atoms with van der Waals surface area (Å²) < 4.78 is 103. The Morgan fingerprint density at radius 2 is 1.66 bits per heavy atom. The first kappa shape index (κ1) is 23.6. The predicted octanol–water partition coefficient (Wildman–Crippen LogP) is 6.08. The maximum absolute atomic E-state index is 14.4. The highest BCUT2D eigenvalue weighted by Crippen LogP contribution is 2.53. The molecule has 0 fully saturated rings. The van der Waals surface area contributed by atoms with Crippen molar-refractivity contribution >= 4 is 17.6 Å². The van der Waals surface area contributed by atoms with Crippen molar-refractivity contribution in [1.29, 1.82) is 0 Å². The van der Waals surface area contributed by atoms with E-state index >= 15 is 0 Å². The molecule has 0 saturated carbocycles. The molecule has 2 aromatic heterocycles. The standard InChI is InChI=1S/C19H12ClF7N2O3/c1-29-13(5-6-15(29)17(21,18(22,23)24)19(25,26)27)12-8-14(32-28-12)9-3-4-11(20)10(7-9)16(30)31-2/h3-8H,1-2H3. The fourth-order valence-electron chi connectivity index (χ4n) is 3.04. The predicted molar refractivity (Wildman–Crippen MR) is 97.6 cm³/mol. The highest BCUT2D eigenvalue weighted by Gasteiger charge is 2.74. The Morgan fingerprint density at radius 1 is 1.03 bits per heavy atom. The average molecular weight is 485 g/mol. The number of esters is 1. The summed E-state index contributed by atoms with van der Waals surface area (Å²) in [5.74, 6) is -0.732. The molecule has 5 nitrogen and oxygen atoms in total. The second-order valence-corrected chi connectivity index (χ2v) is 6.99. The number of rotatable bonds is 4. The van der Waals surface area contributed by atoms with E-state index in [4.69, 9.17) is 16.1 Å². The van der Waals surface area contributed by atoms with Crippen LogP contribution in [0.3, 0.4) is 0 Å². The lowest BCUT2D eigenvalue weighted by Crippen LogP contribution is -2.51. The Bertz CT molecular complexity index is 1150. The number of methoxy groups -OCH3 is 1. The summed E-state index contributed by atoms with van der Waals surface area (Å²) in [4.78, 5) is 11.8. The number of benzene rings is 1. The number of carbonyl (C=O) groups excluding carboxylic acids is 1. The van der Waals surface area contributed by atoms with Gasteiger partial charge in [0.15, 0.2) is 5.76 Å². The fourth-order valence-corrected chi connectivity index (χ4v) is 3.24. The zero-order valence-electron chi connectivity index (χ0n) is 16.1. The molecule has 3 aromatic rings. The number of aromatic nitrogens is 2. The number of hydrogen-bond acceptors (Lipinski definition) is 4. The molecule has 0 N–H and O–H groups in total. The third kappa shape index (κ3) is 3.72. The van der Waals surface area contributed by atoms with E-state index < -0.39 is 29.7 Å². The molecule has 0 aliphatic heterocycles. The minimum absolute atomic E-state index is 0.0108. The molecule has 1 aromatic carbocycles. The van der Waals surface area contributed by atoms with Crippen LogP contribution in [0.2, 0.25) is 5.02 Å². The zero-order chi connectivity index (χ0) is 24.1. The molecule has 0 radical (unpaired) electrons. The molecule has 0 atom stereocenters. The van der Waals surface area contributed by atoms with Crippen molar-refractivity contribution in [3.63, 3.8) is 0 Å². The molecular formula is C19H12ClF7N2O3. The highest BCUT2D eigenvalue weighted by molar-refractivity contribution is 6.33. The summed E-state index contributed by atoms with van der Waals surface area (Å²) in [6.07, 6.45) is -12.5. The monoisotopic (exact) mass is 484 g/mol. The SMILES string of the molecule is COC(=O)c1cc(-c2cc(-c3ccc(C(F)(C(F)(F)F)C(F)(F)F)n3C)no2)ccc1Cl. The topological polar surface area (TPSA) is 57.3 Å². The molecule has 0 bridgehead atoms. The van der Waals surface area contributed by atoms with Crippen molar-refractivity contribution in [3.05, 3.63) is 52.7 Å². The first-order valence-electron chi connectivity index (χ1n) is 8.56. The number of alkyl halides is 7. The lowest BCUT2D eigenvalue weighted by molar-refractivity contribution is -0.350. The largest absolute Gasteiger partial charge is 0.465 e. The maximum atomic E-state index is 14.4. The van der Waals surface area contributed by atoms with Gasteiger partial charge < -0.3 is 13.8 Å². The lowest BCUT2D eigenvalue weighted by Gasteiger charge is -2.30. The number of halogens is 8. The normalized spacial score (nSPS) is 12.8. The van der Waals surface area contributed by atoms with Crippen LogP contribution in [-0.2, 0) is 17.5 Å². The van der Waals surface area contributed by atoms with Crippen molar-refractivity contribution < 1.29 is 44.8 Å². The molecule has 0 unspecified atom stereocenters. The van der Waals surface area contributed by atoms with Gasteiger partial charge in [-0.25, -0.2) is 9.18 Å². The van der Waals surface area contributed by atoms with E-state index in [9.17, 15) is 35.5 Å². The molecule has 0 aliphatic carbocycles. The molecule has 0 spiro atoms. The van der Waals surface area contributed by atoms with E-state index in [0.717, 1.165) is 20.2 Å². The van der Waals surface area contributed by atoms with E-state index in [-0.39, 0.29) is 33.3 Å². The van der Waals surface area contributed by atoms with Gasteiger partial charge in [-0.2, -0.15) is 26.3 Å². The Kier molecular flexibility index (Phi) is 5.79. The van der Waals surface area contributed by atoms with Gasteiger partial charge in [0.2, 0.25) is 0 Å². The van der Waals surface area contributed by atoms with Crippen molar-refractivity contribution in [2.75, 3.05) is 7.11 Å². The smallest absolute Gasteiger partial charge is 0.437 e. The summed E-state index contributed by atoms with van der Waals surface area (Å²) >= 11 is 5.93. The van der Waals surface area contributed by atoms with Crippen LogP contribution in [0.5, 0.6) is 0 Å². The molecule has 172 valence electrons. The number of carbonyl (C=O) groups is 1. The van der Waals surface area contributed by atoms with Crippen LogP contribution in [0.15, 0.2) is 40.9 Å². The summed E-state index contributed by atoms with van der Waals surface area (Å²) in [6.45, 7) is 0. The number of ether oxygens (including phenoxy) is 1. The third-order valence-electron chi connectivity index (χ3n) is 4.68. The van der Waals surface area contributed by atoms with Gasteiger partial charge >= 0.3 is 24.0 Å². The Labute approximate surface area is 180 Å². The maximum Gasteiger partial charge on any atom is 0.437 e. The Hall–Kier alpha value is -3.02. The molecule has 0 amide bonds. The van der Waals surface area contributed by atoms with Gasteiger partial charge in [-0.1, -0.05) is 16.8 Å². The zero-order valence-corrected chi connectivity index (χ0v) is 16.9. The van der Waals surface area contributed by atoms with E-state index in [1.54, 1.807) is 0 Å². The third-order valence-corrected chi connectivity index (χ3v) is 5.01. The van der Waals surface area contributed by atoms with Gasteiger partial charge in [-0.3, -0.25) is 0 Å². The quantitative estimate of drug-likeness (QED) is 0.333. The molecule has 0 saturated heterocycles.